The highest BCUT2D eigenvalue weighted by molar-refractivity contribution is 7.80. The van der Waals surface area contributed by atoms with Gasteiger partial charge in [0, 0.05) is 44.9 Å². The van der Waals surface area contributed by atoms with Crippen molar-refractivity contribution in [2.45, 2.75) is 56.7 Å². The van der Waals surface area contributed by atoms with E-state index >= 15 is 0 Å². The third-order valence-corrected chi connectivity index (χ3v) is 6.37. The van der Waals surface area contributed by atoms with Gasteiger partial charge >= 0.3 is 0 Å². The van der Waals surface area contributed by atoms with Crippen LogP contribution in [0.1, 0.15) is 67.9 Å². The Balaban J connectivity index is 1.61. The zero-order chi connectivity index (χ0) is 19.3. The Bertz CT molecular complexity index is 772. The fraction of sp³-hybridized carbons (Fsp3) is 0.545. The van der Waals surface area contributed by atoms with Crippen molar-refractivity contribution in [2.75, 3.05) is 20.3 Å². The average Bonchev–Trinajstić information content (AvgIpc) is 3.35. The Kier molecular flexibility index (Phi) is 6.27. The molecule has 0 aromatic carbocycles. The van der Waals surface area contributed by atoms with Crippen LogP contribution in [0.15, 0.2) is 42.9 Å². The molecule has 1 saturated heterocycles. The van der Waals surface area contributed by atoms with E-state index in [0.29, 0.717) is 6.04 Å². The lowest BCUT2D eigenvalue weighted by molar-refractivity contribution is 0.180. The Morgan fingerprint density at radius 1 is 1.21 bits per heavy atom. The third-order valence-electron chi connectivity index (χ3n) is 6.02. The van der Waals surface area contributed by atoms with Gasteiger partial charge < -0.3 is 19.5 Å². The molecule has 150 valence electrons. The molecule has 2 aromatic heterocycles. The van der Waals surface area contributed by atoms with Crippen LogP contribution in [0.2, 0.25) is 0 Å². The summed E-state index contributed by atoms with van der Waals surface area (Å²) in [6.45, 7) is 1.62. The van der Waals surface area contributed by atoms with E-state index < -0.39 is 0 Å². The number of rotatable bonds is 7. The van der Waals surface area contributed by atoms with Crippen LogP contribution in [-0.4, -0.2) is 39.8 Å². The summed E-state index contributed by atoms with van der Waals surface area (Å²) in [7, 11) is 1.75. The number of nitrogens with zero attached hydrogens (tertiary/aromatic N) is 3. The Hall–Kier alpha value is -1.92. The lowest BCUT2D eigenvalue weighted by Gasteiger charge is -2.27. The fourth-order valence-corrected chi connectivity index (χ4v) is 4.93. The third kappa shape index (κ3) is 4.08. The molecule has 2 fully saturated rings. The van der Waals surface area contributed by atoms with Gasteiger partial charge in [-0.3, -0.25) is 4.98 Å². The summed E-state index contributed by atoms with van der Waals surface area (Å²) < 4.78 is 7.70. The quantitative estimate of drug-likeness (QED) is 0.553. The molecule has 0 radical (unpaired) electrons. The SMILES string of the molecule is COCCCN1C(=S)N[C@H](c2ccccn2)[C@H]1c1ccn(C2CCCCC2)c1. The number of ether oxygens (including phenoxy) is 1. The van der Waals surface area contributed by atoms with Crippen molar-refractivity contribution in [3.05, 3.63) is 54.1 Å². The van der Waals surface area contributed by atoms with Crippen LogP contribution in [0.25, 0.3) is 0 Å². The van der Waals surface area contributed by atoms with E-state index in [9.17, 15) is 0 Å². The predicted molar refractivity (Wildman–Crippen MR) is 115 cm³/mol. The molecule has 3 heterocycles. The molecule has 2 atom stereocenters. The van der Waals surface area contributed by atoms with Crippen molar-refractivity contribution in [3.8, 4) is 0 Å². The molecule has 2 aromatic rings. The zero-order valence-electron chi connectivity index (χ0n) is 16.6. The predicted octanol–water partition coefficient (Wildman–Crippen LogP) is 4.40. The van der Waals surface area contributed by atoms with Crippen LogP contribution < -0.4 is 5.32 Å². The molecule has 1 N–H and O–H groups in total. The highest BCUT2D eigenvalue weighted by atomic mass is 32.1. The van der Waals surface area contributed by atoms with Crippen LogP contribution in [0.4, 0.5) is 0 Å². The first-order valence-electron chi connectivity index (χ1n) is 10.4. The van der Waals surface area contributed by atoms with Crippen LogP contribution in [-0.2, 0) is 4.74 Å². The first kappa shape index (κ1) is 19.4. The molecular formula is C22H30N4OS. The summed E-state index contributed by atoms with van der Waals surface area (Å²) in [4.78, 5) is 6.93. The fourth-order valence-electron chi connectivity index (χ4n) is 4.60. The maximum absolute atomic E-state index is 5.72. The Labute approximate surface area is 173 Å². The summed E-state index contributed by atoms with van der Waals surface area (Å²) in [6, 6.07) is 9.23. The second-order valence-corrected chi connectivity index (χ2v) is 8.24. The molecule has 6 heteroatoms. The van der Waals surface area contributed by atoms with Crippen molar-refractivity contribution in [2.24, 2.45) is 0 Å². The maximum Gasteiger partial charge on any atom is 0.170 e. The first-order chi connectivity index (χ1) is 13.8. The van der Waals surface area contributed by atoms with Gasteiger partial charge in [-0.15, -0.1) is 0 Å². The molecule has 0 bridgehead atoms. The van der Waals surface area contributed by atoms with Crippen molar-refractivity contribution >= 4 is 17.3 Å². The van der Waals surface area contributed by atoms with Gasteiger partial charge in [0.2, 0.25) is 0 Å². The van der Waals surface area contributed by atoms with E-state index in [1.54, 1.807) is 7.11 Å². The van der Waals surface area contributed by atoms with Gasteiger partial charge in [-0.1, -0.05) is 25.3 Å². The van der Waals surface area contributed by atoms with E-state index in [4.69, 9.17) is 17.0 Å². The molecule has 1 aliphatic carbocycles. The van der Waals surface area contributed by atoms with Crippen LogP contribution in [0, 0.1) is 0 Å². The van der Waals surface area contributed by atoms with Crippen LogP contribution in [0.5, 0.6) is 0 Å². The average molecular weight is 399 g/mol. The molecule has 2 aliphatic rings. The molecule has 1 saturated carbocycles. The summed E-state index contributed by atoms with van der Waals surface area (Å²) in [5.41, 5.74) is 2.35. The Morgan fingerprint density at radius 3 is 2.82 bits per heavy atom. The number of hydrogen-bond donors (Lipinski definition) is 1. The highest BCUT2D eigenvalue weighted by Gasteiger charge is 2.39. The lowest BCUT2D eigenvalue weighted by atomic mass is 9.95. The van der Waals surface area contributed by atoms with Gasteiger partial charge in [0.05, 0.1) is 17.8 Å². The first-order valence-corrected chi connectivity index (χ1v) is 10.8. The van der Waals surface area contributed by atoms with Gasteiger partial charge in [0.25, 0.3) is 0 Å². The van der Waals surface area contributed by atoms with Gasteiger partial charge in [-0.05, 0) is 55.2 Å². The molecule has 5 nitrogen and oxygen atoms in total. The highest BCUT2D eigenvalue weighted by Crippen LogP contribution is 2.39. The van der Waals surface area contributed by atoms with Crippen molar-refractivity contribution in [1.82, 2.24) is 19.8 Å². The molecule has 0 unspecified atom stereocenters. The summed E-state index contributed by atoms with van der Waals surface area (Å²) in [5, 5.41) is 4.34. The van der Waals surface area contributed by atoms with Crippen molar-refractivity contribution in [1.29, 1.82) is 0 Å². The normalized spacial score (nSPS) is 23.2. The largest absolute Gasteiger partial charge is 0.385 e. The minimum Gasteiger partial charge on any atom is -0.385 e. The number of hydrogen-bond acceptors (Lipinski definition) is 3. The standard InChI is InChI=1S/C22H30N4OS/c1-27-15-7-13-26-21(20(24-22(26)28)19-10-5-6-12-23-19)17-11-14-25(16-17)18-8-3-2-4-9-18/h5-6,10-12,14,16,18,20-21H,2-4,7-9,13,15H2,1H3,(H,24,28)/t20-,21-/m1/s1. The van der Waals surface area contributed by atoms with E-state index in [0.717, 1.165) is 30.4 Å². The molecule has 0 amide bonds. The van der Waals surface area contributed by atoms with Gasteiger partial charge in [0.1, 0.15) is 0 Å². The maximum atomic E-state index is 5.72. The smallest absolute Gasteiger partial charge is 0.170 e. The molecule has 4 rings (SSSR count). The van der Waals surface area contributed by atoms with Crippen LogP contribution >= 0.6 is 12.2 Å². The number of nitrogens with one attached hydrogen (secondary N) is 1. The zero-order valence-corrected chi connectivity index (χ0v) is 17.4. The summed E-state index contributed by atoms with van der Waals surface area (Å²) >= 11 is 5.72. The molecule has 0 spiro atoms. The van der Waals surface area contributed by atoms with E-state index in [1.807, 2.05) is 18.3 Å². The molecule has 28 heavy (non-hydrogen) atoms. The number of aromatic nitrogens is 2. The summed E-state index contributed by atoms with van der Waals surface area (Å²) in [6.07, 6.45) is 14.0. The number of pyridine rings is 1. The van der Waals surface area contributed by atoms with Gasteiger partial charge in [-0.25, -0.2) is 0 Å². The molecular weight excluding hydrogens is 368 g/mol. The van der Waals surface area contributed by atoms with Crippen molar-refractivity contribution < 1.29 is 4.74 Å². The minimum absolute atomic E-state index is 0.0680. The monoisotopic (exact) mass is 398 g/mol. The minimum atomic E-state index is 0.0680. The second kappa shape index (κ2) is 9.05. The Morgan fingerprint density at radius 2 is 2.07 bits per heavy atom. The topological polar surface area (TPSA) is 42.3 Å². The molecule has 1 aliphatic heterocycles. The van der Waals surface area contributed by atoms with Crippen molar-refractivity contribution in [3.63, 3.8) is 0 Å². The second-order valence-electron chi connectivity index (χ2n) is 7.85. The van der Waals surface area contributed by atoms with E-state index in [1.165, 1.54) is 37.7 Å². The van der Waals surface area contributed by atoms with Crippen LogP contribution in [0.3, 0.4) is 0 Å². The lowest BCUT2D eigenvalue weighted by Crippen LogP contribution is -2.31. The number of methoxy groups -OCH3 is 1. The van der Waals surface area contributed by atoms with E-state index in [2.05, 4.69) is 44.3 Å². The van der Waals surface area contributed by atoms with Gasteiger partial charge in [0.15, 0.2) is 5.11 Å². The number of thiocarbonyl (C=S) groups is 1. The summed E-state index contributed by atoms with van der Waals surface area (Å²) in [5.74, 6) is 0. The van der Waals surface area contributed by atoms with E-state index in [-0.39, 0.29) is 12.1 Å². The van der Waals surface area contributed by atoms with Gasteiger partial charge in [-0.2, -0.15) is 0 Å².